The number of carbonyl (C=O) groups is 2. The van der Waals surface area contributed by atoms with Gasteiger partial charge in [0.05, 0.1) is 19.1 Å². The molecule has 1 heterocycles. The van der Waals surface area contributed by atoms with Crippen molar-refractivity contribution in [1.82, 2.24) is 5.32 Å². The number of nitrogens with two attached hydrogens (primary N) is 1. The Labute approximate surface area is 263 Å². The number of nitrogens with one attached hydrogen (secondary N) is 1. The zero-order valence-electron chi connectivity index (χ0n) is 26.1. The van der Waals surface area contributed by atoms with Crippen molar-refractivity contribution < 1.29 is 38.4 Å². The highest BCUT2D eigenvalue weighted by Crippen LogP contribution is 2.39. The normalized spacial score (nSPS) is 15.4. The number of carbonyl (C=O) groups excluding carboxylic acids is 1. The first-order chi connectivity index (χ1) is 21.6. The number of carboxylic acid groups (broad SMARTS) is 1. The fraction of sp³-hybridized carbons (Fsp3) is 0.429. The van der Waals surface area contributed by atoms with Crippen molar-refractivity contribution in [2.75, 3.05) is 19.8 Å². The fourth-order valence-corrected chi connectivity index (χ4v) is 5.43. The van der Waals surface area contributed by atoms with E-state index in [0.29, 0.717) is 68.1 Å². The SMILES string of the molecule is CCCc1c(OCCCOc2cc(O)c(-c3ccc(F)cc3)cc2CC)ccc2c1OC(C(=O)NCC(C(=O)O)C(C)N)CC2. The summed E-state index contributed by atoms with van der Waals surface area (Å²) in [6.45, 7) is 6.36. The summed E-state index contributed by atoms with van der Waals surface area (Å²) in [5, 5.41) is 22.7. The van der Waals surface area contributed by atoms with Crippen molar-refractivity contribution in [3.05, 3.63) is 71.0 Å². The molecular weight excluding hydrogens is 579 g/mol. The van der Waals surface area contributed by atoms with Gasteiger partial charge in [-0.1, -0.05) is 38.5 Å². The van der Waals surface area contributed by atoms with Crippen LogP contribution in [0, 0.1) is 11.7 Å². The van der Waals surface area contributed by atoms with E-state index in [4.69, 9.17) is 19.9 Å². The molecule has 0 radical (unpaired) electrons. The van der Waals surface area contributed by atoms with Crippen LogP contribution in [0.25, 0.3) is 11.1 Å². The molecule has 1 aliphatic heterocycles. The minimum absolute atomic E-state index is 0.0611. The first-order valence-electron chi connectivity index (χ1n) is 15.6. The van der Waals surface area contributed by atoms with Gasteiger partial charge in [-0.3, -0.25) is 9.59 Å². The van der Waals surface area contributed by atoms with Crippen LogP contribution in [0.5, 0.6) is 23.0 Å². The molecule has 0 bridgehead atoms. The number of rotatable bonds is 15. The molecule has 0 aromatic heterocycles. The number of phenolic OH excluding ortho intramolecular Hbond substituents is 1. The molecular formula is C35H43FN2O7. The van der Waals surface area contributed by atoms with E-state index in [1.807, 2.05) is 25.1 Å². The topological polar surface area (TPSA) is 140 Å². The van der Waals surface area contributed by atoms with Crippen molar-refractivity contribution in [2.45, 2.75) is 71.4 Å². The van der Waals surface area contributed by atoms with E-state index in [9.17, 15) is 24.2 Å². The Morgan fingerprint density at radius 3 is 2.44 bits per heavy atom. The molecule has 0 aliphatic carbocycles. The Kier molecular flexibility index (Phi) is 11.6. The van der Waals surface area contributed by atoms with Crippen molar-refractivity contribution >= 4 is 11.9 Å². The molecule has 1 amide bonds. The smallest absolute Gasteiger partial charge is 0.309 e. The molecule has 3 atom stereocenters. The highest BCUT2D eigenvalue weighted by Gasteiger charge is 2.30. The summed E-state index contributed by atoms with van der Waals surface area (Å²) in [4.78, 5) is 24.4. The van der Waals surface area contributed by atoms with E-state index in [1.54, 1.807) is 25.1 Å². The Morgan fingerprint density at radius 2 is 1.80 bits per heavy atom. The Hall–Kier alpha value is -4.31. The molecule has 3 aromatic carbocycles. The van der Waals surface area contributed by atoms with Crippen LogP contribution in [0.4, 0.5) is 4.39 Å². The van der Waals surface area contributed by atoms with E-state index in [0.717, 1.165) is 28.7 Å². The van der Waals surface area contributed by atoms with Crippen molar-refractivity contribution in [3.8, 4) is 34.1 Å². The molecule has 1 aliphatic rings. The van der Waals surface area contributed by atoms with Crippen molar-refractivity contribution in [2.24, 2.45) is 11.7 Å². The predicted octanol–water partition coefficient (Wildman–Crippen LogP) is 5.42. The zero-order valence-corrected chi connectivity index (χ0v) is 26.1. The number of hydrogen-bond acceptors (Lipinski definition) is 7. The highest BCUT2D eigenvalue weighted by atomic mass is 19.1. The third-order valence-corrected chi connectivity index (χ3v) is 7.99. The van der Waals surface area contributed by atoms with Gasteiger partial charge in [0, 0.05) is 36.2 Å². The average molecular weight is 623 g/mol. The zero-order chi connectivity index (χ0) is 32.5. The number of hydrogen-bond donors (Lipinski definition) is 4. The molecule has 5 N–H and O–H groups in total. The van der Waals surface area contributed by atoms with E-state index >= 15 is 0 Å². The first-order valence-corrected chi connectivity index (χ1v) is 15.6. The van der Waals surface area contributed by atoms with Gasteiger partial charge in [0.2, 0.25) is 0 Å². The average Bonchev–Trinajstić information content (AvgIpc) is 3.01. The number of carboxylic acids is 1. The molecule has 0 saturated heterocycles. The van der Waals surface area contributed by atoms with Gasteiger partial charge in [-0.15, -0.1) is 0 Å². The Morgan fingerprint density at radius 1 is 1.09 bits per heavy atom. The number of benzene rings is 3. The van der Waals surface area contributed by atoms with Crippen LogP contribution in [0.1, 0.15) is 56.7 Å². The number of ether oxygens (including phenoxy) is 3. The lowest BCUT2D eigenvalue weighted by Gasteiger charge is -2.29. The number of aromatic hydroxyl groups is 1. The van der Waals surface area contributed by atoms with Crippen LogP contribution in [0.3, 0.4) is 0 Å². The van der Waals surface area contributed by atoms with Gasteiger partial charge in [0.1, 0.15) is 28.8 Å². The summed E-state index contributed by atoms with van der Waals surface area (Å²) in [5.41, 5.74) is 9.95. The van der Waals surface area contributed by atoms with E-state index in [-0.39, 0.29) is 24.0 Å². The molecule has 4 rings (SSSR count). The molecule has 3 unspecified atom stereocenters. The van der Waals surface area contributed by atoms with Crippen LogP contribution in [-0.2, 0) is 28.9 Å². The number of fused-ring (bicyclic) bond motifs is 1. The predicted molar refractivity (Wildman–Crippen MR) is 169 cm³/mol. The van der Waals surface area contributed by atoms with Crippen molar-refractivity contribution in [1.29, 1.82) is 0 Å². The molecule has 3 aromatic rings. The summed E-state index contributed by atoms with van der Waals surface area (Å²) in [6, 6.07) is 12.8. The molecule has 0 spiro atoms. The van der Waals surface area contributed by atoms with E-state index < -0.39 is 24.0 Å². The summed E-state index contributed by atoms with van der Waals surface area (Å²) in [7, 11) is 0. The number of aliphatic carboxylic acids is 1. The summed E-state index contributed by atoms with van der Waals surface area (Å²) < 4.78 is 31.8. The maximum Gasteiger partial charge on any atom is 0.309 e. The number of amides is 1. The van der Waals surface area contributed by atoms with E-state index in [1.165, 1.54) is 12.1 Å². The summed E-state index contributed by atoms with van der Waals surface area (Å²) >= 11 is 0. The lowest BCUT2D eigenvalue weighted by Crippen LogP contribution is -2.46. The molecule has 0 saturated carbocycles. The van der Waals surface area contributed by atoms with Crippen LogP contribution in [0.15, 0.2) is 48.5 Å². The van der Waals surface area contributed by atoms with Crippen LogP contribution in [-0.4, -0.2) is 54.0 Å². The Bertz CT molecular complexity index is 1480. The van der Waals surface area contributed by atoms with Crippen LogP contribution >= 0.6 is 0 Å². The second-order valence-corrected chi connectivity index (χ2v) is 11.4. The van der Waals surface area contributed by atoms with Crippen LogP contribution < -0.4 is 25.3 Å². The van der Waals surface area contributed by atoms with Crippen LogP contribution in [0.2, 0.25) is 0 Å². The lowest BCUT2D eigenvalue weighted by molar-refractivity contribution is -0.142. The fourth-order valence-electron chi connectivity index (χ4n) is 5.43. The third-order valence-electron chi connectivity index (χ3n) is 7.99. The molecule has 45 heavy (non-hydrogen) atoms. The van der Waals surface area contributed by atoms with Crippen molar-refractivity contribution in [3.63, 3.8) is 0 Å². The summed E-state index contributed by atoms with van der Waals surface area (Å²) in [5.74, 6) is -0.634. The van der Waals surface area contributed by atoms with Gasteiger partial charge in [-0.2, -0.15) is 0 Å². The van der Waals surface area contributed by atoms with Gasteiger partial charge < -0.3 is 35.5 Å². The molecule has 9 nitrogen and oxygen atoms in total. The molecule has 242 valence electrons. The number of halogens is 1. The second kappa shape index (κ2) is 15.6. The monoisotopic (exact) mass is 622 g/mol. The number of phenols is 1. The quantitative estimate of drug-likeness (QED) is 0.165. The Balaban J connectivity index is 1.36. The first kappa shape index (κ1) is 33.6. The lowest BCUT2D eigenvalue weighted by atomic mass is 9.96. The van der Waals surface area contributed by atoms with Gasteiger partial charge in [0.25, 0.3) is 5.91 Å². The van der Waals surface area contributed by atoms with Gasteiger partial charge in [0.15, 0.2) is 6.10 Å². The standard InChI is InChI=1S/C35H43FN2O7/c1-4-7-26-30(14-10-24-11-15-31(45-33(24)26)34(40)38-20-28(21(3)37)35(41)42)43-16-6-17-44-32-19-29(39)27(18-22(32)5-2)23-8-12-25(36)13-9-23/h8-10,12-14,18-19,21,28,31,39H,4-7,11,15-17,20,37H2,1-3H3,(H,38,40)(H,41,42). The minimum Gasteiger partial charge on any atom is -0.507 e. The molecule has 0 fully saturated rings. The third kappa shape index (κ3) is 8.45. The summed E-state index contributed by atoms with van der Waals surface area (Å²) in [6.07, 6.45) is 3.23. The maximum absolute atomic E-state index is 13.4. The minimum atomic E-state index is -1.05. The number of aryl methyl sites for hydroxylation is 2. The largest absolute Gasteiger partial charge is 0.507 e. The molecule has 10 heteroatoms. The maximum atomic E-state index is 13.4. The van der Waals surface area contributed by atoms with Gasteiger partial charge >= 0.3 is 5.97 Å². The highest BCUT2D eigenvalue weighted by molar-refractivity contribution is 5.82. The van der Waals surface area contributed by atoms with Gasteiger partial charge in [-0.05, 0) is 73.6 Å². The van der Waals surface area contributed by atoms with E-state index in [2.05, 4.69) is 12.2 Å². The van der Waals surface area contributed by atoms with Gasteiger partial charge in [-0.25, -0.2) is 4.39 Å². The second-order valence-electron chi connectivity index (χ2n) is 11.4.